The molecule has 1 aromatic heterocycles. The lowest BCUT2D eigenvalue weighted by atomic mass is 10.1. The van der Waals surface area contributed by atoms with Gasteiger partial charge in [-0.05, 0) is 44.6 Å². The average molecular weight is 322 g/mol. The SMILES string of the molecule is CC1=CC(c2cncc(C)c2)=NC2=CCN(C(C)C(F)(F)F)N12. The van der Waals surface area contributed by atoms with E-state index in [1.54, 1.807) is 31.5 Å². The predicted octanol–water partition coefficient (Wildman–Crippen LogP) is 3.42. The van der Waals surface area contributed by atoms with Gasteiger partial charge in [-0.25, -0.2) is 4.99 Å². The molecule has 0 spiro atoms. The summed E-state index contributed by atoms with van der Waals surface area (Å²) in [6.45, 7) is 5.06. The summed E-state index contributed by atoms with van der Waals surface area (Å²) in [5, 5.41) is 2.81. The fourth-order valence-electron chi connectivity index (χ4n) is 2.71. The van der Waals surface area contributed by atoms with Gasteiger partial charge in [0.1, 0.15) is 11.9 Å². The summed E-state index contributed by atoms with van der Waals surface area (Å²) in [6.07, 6.45) is 2.67. The van der Waals surface area contributed by atoms with Gasteiger partial charge in [-0.1, -0.05) is 0 Å². The maximum atomic E-state index is 13.0. The first-order valence-electron chi connectivity index (χ1n) is 7.30. The molecule has 0 saturated heterocycles. The van der Waals surface area contributed by atoms with Crippen molar-refractivity contribution in [1.29, 1.82) is 0 Å². The summed E-state index contributed by atoms with van der Waals surface area (Å²) < 4.78 is 39.1. The standard InChI is InChI=1S/C16H17F3N4/c1-10-6-13(9-20-8-10)14-7-11(2)23-15(21-14)4-5-22(23)12(3)16(17,18)19/h4,6-9,12H,5H2,1-3H3. The van der Waals surface area contributed by atoms with Crippen LogP contribution in [0, 0.1) is 6.92 Å². The monoisotopic (exact) mass is 322 g/mol. The Morgan fingerprint density at radius 2 is 1.96 bits per heavy atom. The molecule has 0 fully saturated rings. The number of rotatable bonds is 2. The fraction of sp³-hybridized carbons (Fsp3) is 0.375. The van der Waals surface area contributed by atoms with E-state index in [0.29, 0.717) is 17.2 Å². The van der Waals surface area contributed by atoms with Gasteiger partial charge in [0.2, 0.25) is 0 Å². The van der Waals surface area contributed by atoms with Gasteiger partial charge in [-0.3, -0.25) is 9.99 Å². The lowest BCUT2D eigenvalue weighted by Crippen LogP contribution is -2.49. The topological polar surface area (TPSA) is 31.7 Å². The molecule has 7 heteroatoms. The van der Waals surface area contributed by atoms with Gasteiger partial charge in [-0.15, -0.1) is 0 Å². The number of halogens is 3. The van der Waals surface area contributed by atoms with E-state index in [9.17, 15) is 13.2 Å². The number of hydrogen-bond donors (Lipinski definition) is 0. The number of nitrogens with zero attached hydrogens (tertiary/aromatic N) is 4. The van der Waals surface area contributed by atoms with Gasteiger partial charge < -0.3 is 0 Å². The van der Waals surface area contributed by atoms with E-state index in [1.165, 1.54) is 10.0 Å². The Bertz CT molecular complexity index is 718. The number of hydrogen-bond acceptors (Lipinski definition) is 4. The Kier molecular flexibility index (Phi) is 3.75. The summed E-state index contributed by atoms with van der Waals surface area (Å²) in [7, 11) is 0. The van der Waals surface area contributed by atoms with Crippen LogP contribution in [0.4, 0.5) is 13.2 Å². The van der Waals surface area contributed by atoms with Gasteiger partial charge in [-0.2, -0.15) is 18.2 Å². The number of allylic oxidation sites excluding steroid dienone is 2. The molecule has 0 aromatic carbocycles. The molecule has 0 aliphatic carbocycles. The normalized spacial score (nSPS) is 19.9. The Balaban J connectivity index is 1.91. The molecule has 0 amide bonds. The quantitative estimate of drug-likeness (QED) is 0.836. The third-order valence-electron chi connectivity index (χ3n) is 3.94. The molecule has 0 radical (unpaired) electrons. The minimum absolute atomic E-state index is 0.185. The van der Waals surface area contributed by atoms with Crippen LogP contribution in [-0.4, -0.2) is 39.5 Å². The van der Waals surface area contributed by atoms with Crippen LogP contribution >= 0.6 is 0 Å². The smallest absolute Gasteiger partial charge is 0.264 e. The summed E-state index contributed by atoms with van der Waals surface area (Å²) in [4.78, 5) is 8.64. The molecule has 1 unspecified atom stereocenters. The maximum Gasteiger partial charge on any atom is 0.405 e. The van der Waals surface area contributed by atoms with Crippen molar-refractivity contribution in [3.05, 3.63) is 53.3 Å². The molecule has 3 heterocycles. The second-order valence-corrected chi connectivity index (χ2v) is 5.75. The molecular weight excluding hydrogens is 305 g/mol. The van der Waals surface area contributed by atoms with Crippen molar-refractivity contribution in [3.63, 3.8) is 0 Å². The van der Waals surface area contributed by atoms with E-state index in [0.717, 1.165) is 18.1 Å². The van der Waals surface area contributed by atoms with Gasteiger partial charge in [0.25, 0.3) is 0 Å². The van der Waals surface area contributed by atoms with E-state index in [-0.39, 0.29) is 6.54 Å². The van der Waals surface area contributed by atoms with Crippen molar-refractivity contribution >= 4 is 5.71 Å². The van der Waals surface area contributed by atoms with Crippen LogP contribution in [0.2, 0.25) is 0 Å². The molecule has 0 bridgehead atoms. The number of aliphatic imine (C=N–C) groups is 1. The summed E-state index contributed by atoms with van der Waals surface area (Å²) in [5.74, 6) is 0.526. The minimum atomic E-state index is -4.28. The van der Waals surface area contributed by atoms with Crippen molar-refractivity contribution in [3.8, 4) is 0 Å². The third kappa shape index (κ3) is 2.88. The summed E-state index contributed by atoms with van der Waals surface area (Å²) in [5.41, 5.74) is 3.28. The van der Waals surface area contributed by atoms with Gasteiger partial charge in [0.15, 0.2) is 0 Å². The lowest BCUT2D eigenvalue weighted by molar-refractivity contribution is -0.201. The molecule has 122 valence electrons. The van der Waals surface area contributed by atoms with E-state index < -0.39 is 12.2 Å². The second kappa shape index (κ2) is 5.49. The van der Waals surface area contributed by atoms with E-state index >= 15 is 0 Å². The zero-order valence-corrected chi connectivity index (χ0v) is 13.1. The maximum absolute atomic E-state index is 13.0. The summed E-state index contributed by atoms with van der Waals surface area (Å²) in [6, 6.07) is 0.383. The molecule has 23 heavy (non-hydrogen) atoms. The molecular formula is C16H17F3N4. The van der Waals surface area contributed by atoms with Crippen LogP contribution in [0.1, 0.15) is 25.0 Å². The van der Waals surface area contributed by atoms with Crippen LogP contribution in [0.3, 0.4) is 0 Å². The molecule has 1 aromatic rings. The number of hydrazine groups is 1. The number of alkyl halides is 3. The number of pyridine rings is 1. The highest BCUT2D eigenvalue weighted by Gasteiger charge is 2.45. The highest BCUT2D eigenvalue weighted by molar-refractivity contribution is 6.10. The highest BCUT2D eigenvalue weighted by Crippen LogP contribution is 2.34. The van der Waals surface area contributed by atoms with Gasteiger partial charge in [0, 0.05) is 30.2 Å². The molecule has 0 N–H and O–H groups in total. The lowest BCUT2D eigenvalue weighted by Gasteiger charge is -2.38. The summed E-state index contributed by atoms with van der Waals surface area (Å²) >= 11 is 0. The van der Waals surface area contributed by atoms with Crippen LogP contribution in [-0.2, 0) is 0 Å². The molecule has 2 aliphatic rings. The minimum Gasteiger partial charge on any atom is -0.264 e. The first-order valence-corrected chi connectivity index (χ1v) is 7.30. The Morgan fingerprint density at radius 1 is 1.22 bits per heavy atom. The molecule has 2 aliphatic heterocycles. The largest absolute Gasteiger partial charge is 0.405 e. The van der Waals surface area contributed by atoms with Crippen LogP contribution < -0.4 is 0 Å². The zero-order chi connectivity index (χ0) is 16.8. The third-order valence-corrected chi connectivity index (χ3v) is 3.94. The Morgan fingerprint density at radius 3 is 2.61 bits per heavy atom. The average Bonchev–Trinajstić information content (AvgIpc) is 2.89. The van der Waals surface area contributed by atoms with Crippen LogP contribution in [0.5, 0.6) is 0 Å². The van der Waals surface area contributed by atoms with Crippen molar-refractivity contribution < 1.29 is 13.2 Å². The van der Waals surface area contributed by atoms with Crippen LogP contribution in [0.25, 0.3) is 0 Å². The Hall–Kier alpha value is -2.15. The predicted molar refractivity (Wildman–Crippen MR) is 81.4 cm³/mol. The van der Waals surface area contributed by atoms with E-state index in [2.05, 4.69) is 9.98 Å². The molecule has 3 rings (SSSR count). The van der Waals surface area contributed by atoms with Crippen molar-refractivity contribution in [1.82, 2.24) is 15.0 Å². The zero-order valence-electron chi connectivity index (χ0n) is 13.1. The first kappa shape index (κ1) is 15.7. The molecule has 1 atom stereocenters. The number of fused-ring (bicyclic) bond motifs is 1. The molecule has 4 nitrogen and oxygen atoms in total. The molecule has 0 saturated carbocycles. The van der Waals surface area contributed by atoms with Crippen molar-refractivity contribution in [2.45, 2.75) is 33.0 Å². The first-order chi connectivity index (χ1) is 10.8. The van der Waals surface area contributed by atoms with Crippen molar-refractivity contribution in [2.75, 3.05) is 6.54 Å². The van der Waals surface area contributed by atoms with Gasteiger partial charge in [0.05, 0.1) is 5.71 Å². The van der Waals surface area contributed by atoms with Crippen molar-refractivity contribution in [2.24, 2.45) is 4.99 Å². The Labute approximate surface area is 132 Å². The van der Waals surface area contributed by atoms with Gasteiger partial charge >= 0.3 is 6.18 Å². The number of aryl methyl sites for hydroxylation is 1. The number of aromatic nitrogens is 1. The van der Waals surface area contributed by atoms with E-state index in [1.807, 2.05) is 13.0 Å². The van der Waals surface area contributed by atoms with Crippen LogP contribution in [0.15, 0.2) is 47.1 Å². The van der Waals surface area contributed by atoms with E-state index in [4.69, 9.17) is 0 Å². The fourth-order valence-corrected chi connectivity index (χ4v) is 2.71. The highest BCUT2D eigenvalue weighted by atomic mass is 19.4. The second-order valence-electron chi connectivity index (χ2n) is 5.75.